The lowest BCUT2D eigenvalue weighted by Gasteiger charge is -1.95. The maximum absolute atomic E-state index is 5.76. The SMILES string of the molecule is CCOc1nn(C)c(N)c1Cl. The molecule has 2 N–H and O–H groups in total. The molecule has 0 aliphatic heterocycles. The Morgan fingerprint density at radius 3 is 2.73 bits per heavy atom. The molecule has 0 aromatic carbocycles. The van der Waals surface area contributed by atoms with Crippen molar-refractivity contribution in [3.8, 4) is 5.88 Å². The number of anilines is 1. The van der Waals surface area contributed by atoms with Crippen molar-refractivity contribution >= 4 is 17.4 Å². The van der Waals surface area contributed by atoms with Crippen LogP contribution in [0.3, 0.4) is 0 Å². The Kier molecular flexibility index (Phi) is 2.24. The van der Waals surface area contributed by atoms with E-state index in [1.165, 1.54) is 4.68 Å². The van der Waals surface area contributed by atoms with Crippen LogP contribution in [0.15, 0.2) is 0 Å². The lowest BCUT2D eigenvalue weighted by Crippen LogP contribution is -1.97. The normalized spacial score (nSPS) is 10.1. The zero-order valence-electron chi connectivity index (χ0n) is 6.47. The van der Waals surface area contributed by atoms with Crippen molar-refractivity contribution in [2.75, 3.05) is 12.3 Å². The Morgan fingerprint density at radius 1 is 1.73 bits per heavy atom. The molecule has 11 heavy (non-hydrogen) atoms. The number of rotatable bonds is 2. The summed E-state index contributed by atoms with van der Waals surface area (Å²) in [5.74, 6) is 0.823. The molecule has 5 heteroatoms. The molecule has 0 fully saturated rings. The van der Waals surface area contributed by atoms with Crippen molar-refractivity contribution in [1.29, 1.82) is 0 Å². The number of ether oxygens (including phenoxy) is 1. The topological polar surface area (TPSA) is 53.1 Å². The minimum absolute atomic E-state index is 0.384. The number of nitrogen functional groups attached to an aromatic ring is 1. The van der Waals surface area contributed by atoms with Gasteiger partial charge >= 0.3 is 0 Å². The molecule has 1 rings (SSSR count). The second-order valence-electron chi connectivity index (χ2n) is 2.06. The Hall–Kier alpha value is -0.900. The molecule has 0 saturated heterocycles. The fourth-order valence-corrected chi connectivity index (χ4v) is 0.929. The Labute approximate surface area is 69.9 Å². The van der Waals surface area contributed by atoms with Crippen LogP contribution in [-0.2, 0) is 7.05 Å². The maximum Gasteiger partial charge on any atom is 0.254 e. The summed E-state index contributed by atoms with van der Waals surface area (Å²) in [5.41, 5.74) is 5.52. The van der Waals surface area contributed by atoms with E-state index >= 15 is 0 Å². The molecule has 62 valence electrons. The minimum atomic E-state index is 0.384. The third kappa shape index (κ3) is 1.40. The van der Waals surface area contributed by atoms with Crippen LogP contribution >= 0.6 is 11.6 Å². The Balaban J connectivity index is 2.98. The lowest BCUT2D eigenvalue weighted by atomic mass is 10.6. The van der Waals surface area contributed by atoms with Crippen LogP contribution in [0.5, 0.6) is 5.88 Å². The highest BCUT2D eigenvalue weighted by molar-refractivity contribution is 6.34. The molecule has 0 amide bonds. The van der Waals surface area contributed by atoms with Crippen molar-refractivity contribution < 1.29 is 4.74 Å². The largest absolute Gasteiger partial charge is 0.476 e. The first-order chi connectivity index (χ1) is 5.16. The number of nitrogens with zero attached hydrogens (tertiary/aromatic N) is 2. The van der Waals surface area contributed by atoms with Gasteiger partial charge in [0, 0.05) is 7.05 Å². The second kappa shape index (κ2) is 3.00. The summed E-state index contributed by atoms with van der Waals surface area (Å²) >= 11 is 5.76. The van der Waals surface area contributed by atoms with Gasteiger partial charge in [0.2, 0.25) is 0 Å². The van der Waals surface area contributed by atoms with Crippen LogP contribution in [0.4, 0.5) is 5.82 Å². The van der Waals surface area contributed by atoms with Crippen molar-refractivity contribution in [2.24, 2.45) is 7.05 Å². The predicted octanol–water partition coefficient (Wildman–Crippen LogP) is 1.05. The quantitative estimate of drug-likeness (QED) is 0.731. The summed E-state index contributed by atoms with van der Waals surface area (Å²) in [6.07, 6.45) is 0. The molecular formula is C6H10ClN3O. The molecule has 0 unspecified atom stereocenters. The van der Waals surface area contributed by atoms with Gasteiger partial charge in [-0.05, 0) is 6.92 Å². The third-order valence-electron chi connectivity index (χ3n) is 1.28. The van der Waals surface area contributed by atoms with Crippen molar-refractivity contribution in [3.63, 3.8) is 0 Å². The van der Waals surface area contributed by atoms with Gasteiger partial charge in [-0.2, -0.15) is 0 Å². The van der Waals surface area contributed by atoms with E-state index < -0.39 is 0 Å². The van der Waals surface area contributed by atoms with Crippen LogP contribution in [-0.4, -0.2) is 16.4 Å². The molecule has 1 aromatic rings. The Bertz CT molecular complexity index is 259. The minimum Gasteiger partial charge on any atom is -0.476 e. The van der Waals surface area contributed by atoms with E-state index in [0.29, 0.717) is 23.3 Å². The van der Waals surface area contributed by atoms with E-state index in [9.17, 15) is 0 Å². The zero-order chi connectivity index (χ0) is 8.43. The number of aryl methyl sites for hydroxylation is 1. The van der Waals surface area contributed by atoms with Crippen LogP contribution in [0.1, 0.15) is 6.92 Å². The van der Waals surface area contributed by atoms with E-state index in [1.807, 2.05) is 6.92 Å². The number of hydrogen-bond donors (Lipinski definition) is 1. The molecule has 0 atom stereocenters. The molecule has 0 aliphatic carbocycles. The highest BCUT2D eigenvalue weighted by Crippen LogP contribution is 2.28. The van der Waals surface area contributed by atoms with Crippen LogP contribution in [0.25, 0.3) is 0 Å². The zero-order valence-corrected chi connectivity index (χ0v) is 7.22. The molecule has 1 heterocycles. The van der Waals surface area contributed by atoms with Gasteiger partial charge in [-0.1, -0.05) is 11.6 Å². The fraction of sp³-hybridized carbons (Fsp3) is 0.500. The van der Waals surface area contributed by atoms with Crippen molar-refractivity contribution in [2.45, 2.75) is 6.92 Å². The fourth-order valence-electron chi connectivity index (χ4n) is 0.715. The molecule has 1 aromatic heterocycles. The highest BCUT2D eigenvalue weighted by Gasteiger charge is 2.11. The lowest BCUT2D eigenvalue weighted by molar-refractivity contribution is 0.323. The summed E-state index contributed by atoms with van der Waals surface area (Å²) in [5, 5.41) is 4.32. The number of nitrogens with two attached hydrogens (primary N) is 1. The molecule has 0 aliphatic rings. The standard InChI is InChI=1S/C6H10ClN3O/c1-3-11-6-4(7)5(8)10(2)9-6/h3,8H2,1-2H3. The van der Waals surface area contributed by atoms with Gasteiger partial charge in [0.25, 0.3) is 5.88 Å². The van der Waals surface area contributed by atoms with Gasteiger partial charge in [-0.15, -0.1) is 5.10 Å². The second-order valence-corrected chi connectivity index (χ2v) is 2.44. The van der Waals surface area contributed by atoms with Crippen molar-refractivity contribution in [3.05, 3.63) is 5.02 Å². The third-order valence-corrected chi connectivity index (χ3v) is 1.64. The van der Waals surface area contributed by atoms with Gasteiger partial charge in [0.05, 0.1) is 6.61 Å². The highest BCUT2D eigenvalue weighted by atomic mass is 35.5. The van der Waals surface area contributed by atoms with E-state index in [1.54, 1.807) is 7.05 Å². The summed E-state index contributed by atoms with van der Waals surface area (Å²) in [7, 11) is 1.71. The van der Waals surface area contributed by atoms with Gasteiger partial charge in [0.15, 0.2) is 0 Å². The average molecular weight is 176 g/mol. The molecule has 0 radical (unpaired) electrons. The first-order valence-electron chi connectivity index (χ1n) is 3.27. The average Bonchev–Trinajstić information content (AvgIpc) is 2.19. The molecule has 4 nitrogen and oxygen atoms in total. The number of halogens is 1. The van der Waals surface area contributed by atoms with Crippen LogP contribution in [0, 0.1) is 0 Å². The smallest absolute Gasteiger partial charge is 0.254 e. The predicted molar refractivity (Wildman–Crippen MR) is 43.8 cm³/mol. The molecular weight excluding hydrogens is 166 g/mol. The first kappa shape index (κ1) is 8.20. The van der Waals surface area contributed by atoms with Gasteiger partial charge in [-0.25, -0.2) is 4.68 Å². The number of aromatic nitrogens is 2. The van der Waals surface area contributed by atoms with Crippen LogP contribution in [0.2, 0.25) is 5.02 Å². The summed E-state index contributed by atoms with van der Waals surface area (Å²) in [6.45, 7) is 2.40. The van der Waals surface area contributed by atoms with E-state index in [2.05, 4.69) is 5.10 Å². The van der Waals surface area contributed by atoms with Crippen LogP contribution < -0.4 is 10.5 Å². The summed E-state index contributed by atoms with van der Waals surface area (Å²) in [6, 6.07) is 0. The van der Waals surface area contributed by atoms with Gasteiger partial charge in [0.1, 0.15) is 10.8 Å². The van der Waals surface area contributed by atoms with Gasteiger partial charge < -0.3 is 10.5 Å². The summed E-state index contributed by atoms with van der Waals surface area (Å²) in [4.78, 5) is 0. The van der Waals surface area contributed by atoms with Gasteiger partial charge in [-0.3, -0.25) is 0 Å². The molecule has 0 bridgehead atoms. The van der Waals surface area contributed by atoms with Crippen molar-refractivity contribution in [1.82, 2.24) is 9.78 Å². The Morgan fingerprint density at radius 2 is 2.36 bits per heavy atom. The van der Waals surface area contributed by atoms with E-state index in [-0.39, 0.29) is 0 Å². The molecule has 0 spiro atoms. The van der Waals surface area contributed by atoms with E-state index in [4.69, 9.17) is 22.1 Å². The first-order valence-corrected chi connectivity index (χ1v) is 3.65. The maximum atomic E-state index is 5.76. The number of hydrogen-bond acceptors (Lipinski definition) is 3. The van der Waals surface area contributed by atoms with E-state index in [0.717, 1.165) is 0 Å². The molecule has 0 saturated carbocycles. The summed E-state index contributed by atoms with van der Waals surface area (Å²) < 4.78 is 6.57. The monoisotopic (exact) mass is 175 g/mol.